The van der Waals surface area contributed by atoms with Crippen molar-refractivity contribution >= 4 is 11.8 Å². The van der Waals surface area contributed by atoms with Crippen molar-refractivity contribution in [3.8, 4) is 0 Å². The Hall–Kier alpha value is -2.40. The summed E-state index contributed by atoms with van der Waals surface area (Å²) in [5.41, 5.74) is 1.13. The van der Waals surface area contributed by atoms with E-state index in [1.54, 1.807) is 12.1 Å². The van der Waals surface area contributed by atoms with E-state index >= 15 is 0 Å². The van der Waals surface area contributed by atoms with Crippen LogP contribution in [0, 0.1) is 5.92 Å². The number of hydrogen-bond acceptors (Lipinski definition) is 4. The van der Waals surface area contributed by atoms with Crippen LogP contribution in [0.5, 0.6) is 0 Å². The highest BCUT2D eigenvalue weighted by molar-refractivity contribution is 5.97. The number of carboxylic acids is 1. The van der Waals surface area contributed by atoms with Gasteiger partial charge in [0.05, 0.1) is 12.2 Å². The van der Waals surface area contributed by atoms with Gasteiger partial charge in [0.2, 0.25) is 0 Å². The second-order valence-corrected chi connectivity index (χ2v) is 5.73. The van der Waals surface area contributed by atoms with E-state index in [2.05, 4.69) is 0 Å². The van der Waals surface area contributed by atoms with Crippen LogP contribution in [0.15, 0.2) is 53.1 Å². The minimum Gasteiger partial charge on any atom is -0.481 e. The molecule has 0 aliphatic carbocycles. The summed E-state index contributed by atoms with van der Waals surface area (Å²) in [7, 11) is 1.90. The molecule has 23 heavy (non-hydrogen) atoms. The van der Waals surface area contributed by atoms with Gasteiger partial charge in [-0.05, 0) is 31.7 Å². The summed E-state index contributed by atoms with van der Waals surface area (Å²) >= 11 is 0. The third-order valence-electron chi connectivity index (χ3n) is 3.82. The molecule has 0 saturated carbocycles. The van der Waals surface area contributed by atoms with Crippen molar-refractivity contribution in [3.63, 3.8) is 0 Å². The molecule has 1 aromatic carbocycles. The summed E-state index contributed by atoms with van der Waals surface area (Å²) in [6.45, 7) is 2.40. The lowest BCUT2D eigenvalue weighted by Gasteiger charge is -2.26. The highest BCUT2D eigenvalue weighted by Crippen LogP contribution is 2.28. The molecular weight excluding hydrogens is 294 g/mol. The van der Waals surface area contributed by atoms with Crippen molar-refractivity contribution in [3.05, 3.63) is 60.1 Å². The largest absolute Gasteiger partial charge is 0.481 e. The Kier molecular flexibility index (Phi) is 5.71. The van der Waals surface area contributed by atoms with Gasteiger partial charge in [-0.3, -0.25) is 9.59 Å². The fourth-order valence-electron chi connectivity index (χ4n) is 2.79. The van der Waals surface area contributed by atoms with Crippen molar-refractivity contribution in [2.75, 3.05) is 13.6 Å². The zero-order valence-corrected chi connectivity index (χ0v) is 13.3. The standard InChI is InChI=1S/C18H21NO4/c1-13(20)17(18(21)22)15(16-9-6-10-23-16)12-19(2)11-14-7-4-3-5-8-14/h3-10,15,17H,11-12H2,1-2H3,(H,21,22). The number of ketones is 1. The second-order valence-electron chi connectivity index (χ2n) is 5.73. The van der Waals surface area contributed by atoms with E-state index in [4.69, 9.17) is 4.42 Å². The van der Waals surface area contributed by atoms with Crippen LogP contribution in [0.2, 0.25) is 0 Å². The fourth-order valence-corrected chi connectivity index (χ4v) is 2.79. The average Bonchev–Trinajstić information content (AvgIpc) is 3.00. The molecule has 0 aliphatic rings. The van der Waals surface area contributed by atoms with Crippen LogP contribution in [-0.2, 0) is 16.1 Å². The van der Waals surface area contributed by atoms with E-state index < -0.39 is 17.8 Å². The van der Waals surface area contributed by atoms with Crippen molar-refractivity contribution in [2.24, 2.45) is 5.92 Å². The van der Waals surface area contributed by atoms with Gasteiger partial charge in [-0.25, -0.2) is 0 Å². The summed E-state index contributed by atoms with van der Waals surface area (Å²) in [6, 6.07) is 13.3. The second kappa shape index (κ2) is 7.74. The van der Waals surface area contributed by atoms with Gasteiger partial charge in [0.25, 0.3) is 0 Å². The smallest absolute Gasteiger partial charge is 0.314 e. The SMILES string of the molecule is CC(=O)C(C(=O)O)C(CN(C)Cc1ccccc1)c1ccco1. The molecule has 0 aliphatic heterocycles. The van der Waals surface area contributed by atoms with Gasteiger partial charge in [-0.1, -0.05) is 30.3 Å². The number of carbonyl (C=O) groups excluding carboxylic acids is 1. The van der Waals surface area contributed by atoms with Crippen LogP contribution in [0.25, 0.3) is 0 Å². The molecule has 2 atom stereocenters. The van der Waals surface area contributed by atoms with Crippen LogP contribution in [-0.4, -0.2) is 35.4 Å². The first-order valence-electron chi connectivity index (χ1n) is 7.48. The third-order valence-corrected chi connectivity index (χ3v) is 3.82. The molecular formula is C18H21NO4. The van der Waals surface area contributed by atoms with Crippen LogP contribution in [0.3, 0.4) is 0 Å². The lowest BCUT2D eigenvalue weighted by Crippen LogP contribution is -2.35. The van der Waals surface area contributed by atoms with Crippen molar-refractivity contribution < 1.29 is 19.1 Å². The number of furan rings is 1. The Labute approximate surface area is 135 Å². The first-order chi connectivity index (χ1) is 11.0. The maximum atomic E-state index is 11.8. The monoisotopic (exact) mass is 315 g/mol. The predicted octanol–water partition coefficient (Wildman–Crippen LogP) is 2.79. The summed E-state index contributed by atoms with van der Waals surface area (Å²) in [5.74, 6) is -2.60. The van der Waals surface area contributed by atoms with Crippen molar-refractivity contribution in [1.29, 1.82) is 0 Å². The molecule has 0 amide bonds. The molecule has 5 nitrogen and oxygen atoms in total. The Morgan fingerprint density at radius 2 is 1.87 bits per heavy atom. The molecule has 0 spiro atoms. The Morgan fingerprint density at radius 1 is 1.17 bits per heavy atom. The number of likely N-dealkylation sites (N-methyl/N-ethyl adjacent to an activating group) is 1. The highest BCUT2D eigenvalue weighted by Gasteiger charge is 2.35. The zero-order valence-electron chi connectivity index (χ0n) is 13.3. The van der Waals surface area contributed by atoms with E-state index in [1.807, 2.05) is 42.3 Å². The van der Waals surface area contributed by atoms with Gasteiger partial charge < -0.3 is 14.4 Å². The molecule has 1 N–H and O–H groups in total. The molecule has 1 aromatic heterocycles. The summed E-state index contributed by atoms with van der Waals surface area (Å²) < 4.78 is 5.39. The third kappa shape index (κ3) is 4.53. The quantitative estimate of drug-likeness (QED) is 0.759. The van der Waals surface area contributed by atoms with Gasteiger partial charge in [-0.2, -0.15) is 0 Å². The molecule has 0 radical (unpaired) electrons. The van der Waals surface area contributed by atoms with Crippen LogP contribution >= 0.6 is 0 Å². The minimum atomic E-state index is -1.12. The van der Waals surface area contributed by atoms with Crippen molar-refractivity contribution in [1.82, 2.24) is 4.90 Å². The molecule has 2 aromatic rings. The average molecular weight is 315 g/mol. The van der Waals surface area contributed by atoms with E-state index in [-0.39, 0.29) is 5.78 Å². The number of hydrogen-bond donors (Lipinski definition) is 1. The van der Waals surface area contributed by atoms with Crippen molar-refractivity contribution in [2.45, 2.75) is 19.4 Å². The normalized spacial score (nSPS) is 13.7. The number of carboxylic acid groups (broad SMARTS) is 1. The molecule has 2 unspecified atom stereocenters. The number of benzene rings is 1. The molecule has 0 fully saturated rings. The van der Waals surface area contributed by atoms with E-state index in [0.717, 1.165) is 5.56 Å². The van der Waals surface area contributed by atoms with Gasteiger partial charge in [0.1, 0.15) is 17.5 Å². The Balaban J connectivity index is 2.17. The summed E-state index contributed by atoms with van der Waals surface area (Å²) in [5, 5.41) is 9.43. The molecule has 1 heterocycles. The predicted molar refractivity (Wildman–Crippen MR) is 86.0 cm³/mol. The Morgan fingerprint density at radius 3 is 2.39 bits per heavy atom. The minimum absolute atomic E-state index is 0.369. The molecule has 0 bridgehead atoms. The first-order valence-corrected chi connectivity index (χ1v) is 7.48. The van der Waals surface area contributed by atoms with Crippen LogP contribution in [0.4, 0.5) is 0 Å². The zero-order chi connectivity index (χ0) is 16.8. The highest BCUT2D eigenvalue weighted by atomic mass is 16.4. The van der Waals surface area contributed by atoms with Gasteiger partial charge >= 0.3 is 5.97 Å². The molecule has 0 saturated heterocycles. The lowest BCUT2D eigenvalue weighted by molar-refractivity contribution is -0.147. The fraction of sp³-hybridized carbons (Fsp3) is 0.333. The van der Waals surface area contributed by atoms with E-state index in [0.29, 0.717) is 18.8 Å². The van der Waals surface area contributed by atoms with E-state index in [9.17, 15) is 14.7 Å². The molecule has 122 valence electrons. The number of nitrogens with zero attached hydrogens (tertiary/aromatic N) is 1. The van der Waals surface area contributed by atoms with Crippen LogP contribution < -0.4 is 0 Å². The van der Waals surface area contributed by atoms with Gasteiger partial charge in [-0.15, -0.1) is 0 Å². The summed E-state index contributed by atoms with van der Waals surface area (Å²) in [4.78, 5) is 25.4. The van der Waals surface area contributed by atoms with Gasteiger partial charge in [0, 0.05) is 13.1 Å². The number of aliphatic carboxylic acids is 1. The number of rotatable bonds is 8. The molecule has 5 heteroatoms. The maximum absolute atomic E-state index is 11.8. The topological polar surface area (TPSA) is 70.8 Å². The van der Waals surface area contributed by atoms with Gasteiger partial charge in [0.15, 0.2) is 0 Å². The first kappa shape index (κ1) is 17.0. The number of carbonyl (C=O) groups is 2. The van der Waals surface area contributed by atoms with E-state index in [1.165, 1.54) is 13.2 Å². The maximum Gasteiger partial charge on any atom is 0.314 e. The number of Topliss-reactive ketones (excluding diaryl/α,β-unsaturated/α-hetero) is 1. The molecule has 2 rings (SSSR count). The summed E-state index contributed by atoms with van der Waals surface area (Å²) in [6.07, 6.45) is 1.50. The lowest BCUT2D eigenvalue weighted by atomic mass is 9.86. The Bertz CT molecular complexity index is 622. The van der Waals surface area contributed by atoms with Crippen LogP contribution in [0.1, 0.15) is 24.2 Å².